The van der Waals surface area contributed by atoms with Crippen molar-refractivity contribution >= 4 is 17.9 Å². The lowest BCUT2D eigenvalue weighted by atomic mass is 9.50. The number of likely N-dealkylation sites (N-methyl/N-ethyl adjacent to an activating group) is 1. The molecule has 11 heteroatoms. The van der Waals surface area contributed by atoms with Crippen LogP contribution in [-0.4, -0.2) is 81.6 Å². The summed E-state index contributed by atoms with van der Waals surface area (Å²) in [6.45, 7) is 1.85. The van der Waals surface area contributed by atoms with Crippen LogP contribution < -0.4 is 10.5 Å². The summed E-state index contributed by atoms with van der Waals surface area (Å²) in [5, 5.41) is 31.0. The molecule has 0 radical (unpaired) electrons. The van der Waals surface area contributed by atoms with Crippen molar-refractivity contribution in [2.24, 2.45) is 5.73 Å². The van der Waals surface area contributed by atoms with Crippen LogP contribution in [-0.2, 0) is 42.3 Å². The number of hydrogen-bond donors (Lipinski definition) is 4. The van der Waals surface area contributed by atoms with Gasteiger partial charge in [0.05, 0.1) is 17.6 Å². The van der Waals surface area contributed by atoms with E-state index in [9.17, 15) is 24.6 Å². The number of aliphatic hydroxyl groups is 2. The third-order valence-corrected chi connectivity index (χ3v) is 8.46. The van der Waals surface area contributed by atoms with Gasteiger partial charge in [0.25, 0.3) is 0 Å². The van der Waals surface area contributed by atoms with Crippen molar-refractivity contribution in [3.8, 4) is 5.75 Å². The van der Waals surface area contributed by atoms with Gasteiger partial charge < -0.3 is 40.2 Å². The van der Waals surface area contributed by atoms with Gasteiger partial charge in [-0.1, -0.05) is 12.1 Å². The smallest absolute Gasteiger partial charge is 0.352 e. The largest absolute Gasteiger partial charge is 0.481 e. The van der Waals surface area contributed by atoms with Crippen LogP contribution >= 0.6 is 0 Å². The number of carbonyl (C=O) groups is 3. The monoisotopic (exact) mass is 516 g/mol. The van der Waals surface area contributed by atoms with Gasteiger partial charge in [-0.3, -0.25) is 9.59 Å². The first-order valence-corrected chi connectivity index (χ1v) is 12.5. The molecule has 1 fully saturated rings. The number of aliphatic carboxylic acids is 1. The lowest BCUT2D eigenvalue weighted by Gasteiger charge is -2.61. The Labute approximate surface area is 213 Å². The van der Waals surface area contributed by atoms with Crippen molar-refractivity contribution in [2.45, 2.75) is 80.9 Å². The summed E-state index contributed by atoms with van der Waals surface area (Å²) in [6.07, 6.45) is 0.700. The summed E-state index contributed by atoms with van der Waals surface area (Å²) in [6, 6.07) is 2.45. The number of hydrogen-bond acceptors (Lipinski definition) is 10. The Morgan fingerprint density at radius 2 is 2.08 bits per heavy atom. The Hall–Kier alpha value is -2.99. The fourth-order valence-electron chi connectivity index (χ4n) is 6.53. The van der Waals surface area contributed by atoms with Gasteiger partial charge in [-0.2, -0.15) is 0 Å². The summed E-state index contributed by atoms with van der Waals surface area (Å²) in [4.78, 5) is 38.0. The van der Waals surface area contributed by atoms with Crippen LogP contribution in [0.15, 0.2) is 24.0 Å². The molecule has 2 aliphatic heterocycles. The lowest BCUT2D eigenvalue weighted by Crippen LogP contribution is -2.74. The predicted molar refractivity (Wildman–Crippen MR) is 127 cm³/mol. The molecule has 1 spiro atoms. The highest BCUT2D eigenvalue weighted by Gasteiger charge is 2.71. The summed E-state index contributed by atoms with van der Waals surface area (Å²) in [5.41, 5.74) is 5.94. The number of aliphatic hydroxyl groups excluding tert-OH is 1. The maximum atomic E-state index is 12.9. The van der Waals surface area contributed by atoms with E-state index >= 15 is 0 Å². The van der Waals surface area contributed by atoms with Gasteiger partial charge in [0, 0.05) is 30.0 Å². The van der Waals surface area contributed by atoms with E-state index in [1.807, 2.05) is 19.2 Å². The first-order valence-electron chi connectivity index (χ1n) is 12.5. The minimum absolute atomic E-state index is 0.124. The fourth-order valence-corrected chi connectivity index (χ4v) is 6.53. The molecule has 200 valence electrons. The molecule has 6 atom stereocenters. The Bertz CT molecular complexity index is 1180. The topological polar surface area (TPSA) is 169 Å². The number of carboxylic acids is 1. The molecule has 5 rings (SSSR count). The second kappa shape index (κ2) is 9.09. The molecule has 0 aromatic heterocycles. The van der Waals surface area contributed by atoms with Crippen LogP contribution in [0.2, 0.25) is 0 Å². The lowest BCUT2D eigenvalue weighted by molar-refractivity contribution is -0.175. The molecule has 2 aliphatic carbocycles. The maximum Gasteiger partial charge on any atom is 0.352 e. The quantitative estimate of drug-likeness (QED) is 0.346. The van der Waals surface area contributed by atoms with Gasteiger partial charge in [0.15, 0.2) is 12.2 Å². The summed E-state index contributed by atoms with van der Waals surface area (Å²) in [7, 11) is 1.99. The number of rotatable bonds is 8. The maximum absolute atomic E-state index is 12.9. The second-order valence-corrected chi connectivity index (χ2v) is 10.4. The molecule has 0 saturated carbocycles. The predicted octanol–water partition coefficient (Wildman–Crippen LogP) is 0.124. The molecule has 2 bridgehead atoms. The summed E-state index contributed by atoms with van der Waals surface area (Å²) >= 11 is 0. The zero-order chi connectivity index (χ0) is 26.7. The number of carboxylic acid groups (broad SMARTS) is 1. The van der Waals surface area contributed by atoms with E-state index in [4.69, 9.17) is 25.1 Å². The van der Waals surface area contributed by atoms with Crippen LogP contribution in [0.3, 0.4) is 0 Å². The number of esters is 2. The number of ether oxygens (including phenoxy) is 3. The minimum atomic E-state index is -1.25. The molecule has 1 saturated heterocycles. The highest BCUT2D eigenvalue weighted by Crippen LogP contribution is 2.64. The number of carbonyl (C=O) groups excluding carboxylic acids is 2. The molecular formula is C26H32N2O9. The van der Waals surface area contributed by atoms with Gasteiger partial charge in [-0.15, -0.1) is 0 Å². The van der Waals surface area contributed by atoms with E-state index in [0.29, 0.717) is 30.7 Å². The Morgan fingerprint density at radius 1 is 1.32 bits per heavy atom. The first-order chi connectivity index (χ1) is 17.5. The third-order valence-electron chi connectivity index (χ3n) is 8.46. The van der Waals surface area contributed by atoms with E-state index in [1.54, 1.807) is 6.08 Å². The average Bonchev–Trinajstić information content (AvgIpc) is 3.22. The van der Waals surface area contributed by atoms with Crippen LogP contribution in [0.25, 0.3) is 0 Å². The van der Waals surface area contributed by atoms with E-state index in [1.165, 1.54) is 6.92 Å². The van der Waals surface area contributed by atoms with E-state index in [0.717, 1.165) is 11.1 Å². The van der Waals surface area contributed by atoms with Gasteiger partial charge in [0.2, 0.25) is 0 Å². The van der Waals surface area contributed by atoms with Crippen LogP contribution in [0.5, 0.6) is 5.75 Å². The Kier molecular flexibility index (Phi) is 6.30. The molecule has 11 nitrogen and oxygen atoms in total. The summed E-state index contributed by atoms with van der Waals surface area (Å²) in [5.74, 6) is -2.04. The van der Waals surface area contributed by atoms with Crippen LogP contribution in [0.1, 0.15) is 49.3 Å². The second-order valence-electron chi connectivity index (χ2n) is 10.4. The van der Waals surface area contributed by atoms with E-state index in [2.05, 4.69) is 4.90 Å². The molecule has 37 heavy (non-hydrogen) atoms. The average molecular weight is 517 g/mol. The van der Waals surface area contributed by atoms with Crippen molar-refractivity contribution in [2.75, 3.05) is 13.6 Å². The zero-order valence-corrected chi connectivity index (χ0v) is 20.8. The number of nitrogens with zero attached hydrogens (tertiary/aromatic N) is 1. The van der Waals surface area contributed by atoms with E-state index in [-0.39, 0.29) is 37.7 Å². The third kappa shape index (κ3) is 3.75. The van der Waals surface area contributed by atoms with Crippen molar-refractivity contribution in [1.29, 1.82) is 0 Å². The SMILES string of the molecule is C[C@H](OC(=O)CCC(N)C(=O)O)C(=O)OC1=CC[C@@]2(O)[C@H]3Cc4ccc(CO)c5c4[C@@]2(CCN3C)[C@H]1O5. The highest BCUT2D eigenvalue weighted by atomic mass is 16.6. The molecule has 4 aliphatic rings. The summed E-state index contributed by atoms with van der Waals surface area (Å²) < 4.78 is 17.3. The van der Waals surface area contributed by atoms with Crippen molar-refractivity contribution in [3.63, 3.8) is 0 Å². The van der Waals surface area contributed by atoms with Crippen molar-refractivity contribution < 1.29 is 43.9 Å². The van der Waals surface area contributed by atoms with Crippen LogP contribution in [0.4, 0.5) is 0 Å². The highest BCUT2D eigenvalue weighted by molar-refractivity contribution is 5.80. The fraction of sp³-hybridized carbons (Fsp3) is 0.577. The van der Waals surface area contributed by atoms with Crippen molar-refractivity contribution in [3.05, 3.63) is 40.7 Å². The van der Waals surface area contributed by atoms with Gasteiger partial charge in [-0.25, -0.2) is 4.79 Å². The van der Waals surface area contributed by atoms with Crippen molar-refractivity contribution in [1.82, 2.24) is 4.90 Å². The zero-order valence-electron chi connectivity index (χ0n) is 20.8. The minimum Gasteiger partial charge on any atom is -0.481 e. The Morgan fingerprint density at radius 3 is 2.78 bits per heavy atom. The molecule has 1 unspecified atom stereocenters. The number of likely N-dealkylation sites (tertiary alicyclic amines) is 1. The molecule has 0 amide bonds. The standard InChI is InChI=1S/C26H32N2O9/c1-13(35-19(30)6-5-16(27)23(31)32)24(33)36-17-7-8-26(34)18-11-14-3-4-15(12-29)21-20(14)25(26,22(17)37-21)9-10-28(18)2/h3-4,7,13,16,18,22,29,34H,5-6,8-12,27H2,1-2H3,(H,31,32)/t13-,16?,18+,22-,25-,26+/m0/s1. The molecular weight excluding hydrogens is 484 g/mol. The van der Waals surface area contributed by atoms with E-state index < -0.39 is 47.2 Å². The van der Waals surface area contributed by atoms with Gasteiger partial charge >= 0.3 is 17.9 Å². The molecule has 5 N–H and O–H groups in total. The normalized spacial score (nSPS) is 30.9. The number of piperidine rings is 1. The van der Waals surface area contributed by atoms with Crippen LogP contribution in [0, 0.1) is 0 Å². The molecule has 1 aromatic rings. The van der Waals surface area contributed by atoms with Gasteiger partial charge in [0.1, 0.15) is 17.6 Å². The number of nitrogens with two attached hydrogens (primary N) is 1. The Balaban J connectivity index is 1.39. The molecule has 2 heterocycles. The molecule has 1 aromatic carbocycles. The first kappa shape index (κ1) is 25.7. The van der Waals surface area contributed by atoms with Gasteiger partial charge in [-0.05, 0) is 51.4 Å². The number of benzene rings is 1.